The molecule has 1 aliphatic heterocycles. The highest BCUT2D eigenvalue weighted by atomic mass is 16.5. The minimum atomic E-state index is -0.131. The molecule has 8 nitrogen and oxygen atoms in total. The van der Waals surface area contributed by atoms with Gasteiger partial charge in [0.1, 0.15) is 29.2 Å². The zero-order valence-electron chi connectivity index (χ0n) is 15.6. The Morgan fingerprint density at radius 1 is 1.04 bits per heavy atom. The van der Waals surface area contributed by atoms with Gasteiger partial charge in [-0.25, -0.2) is 0 Å². The zero-order valence-corrected chi connectivity index (χ0v) is 15.6. The van der Waals surface area contributed by atoms with Gasteiger partial charge in [-0.1, -0.05) is 0 Å². The van der Waals surface area contributed by atoms with Crippen molar-refractivity contribution in [1.29, 1.82) is 0 Å². The van der Waals surface area contributed by atoms with E-state index in [1.54, 1.807) is 19.2 Å². The topological polar surface area (TPSA) is 80.3 Å². The lowest BCUT2D eigenvalue weighted by molar-refractivity contribution is -0.117. The Morgan fingerprint density at radius 2 is 1.62 bits per heavy atom. The predicted octanol–water partition coefficient (Wildman–Crippen LogP) is 0.858. The number of benzene rings is 1. The van der Waals surface area contributed by atoms with Crippen LogP contribution in [0.3, 0.4) is 0 Å². The van der Waals surface area contributed by atoms with Gasteiger partial charge in [0.15, 0.2) is 0 Å². The molecule has 0 radical (unpaired) electrons. The van der Waals surface area contributed by atoms with Gasteiger partial charge in [-0.2, -0.15) is 0 Å². The van der Waals surface area contributed by atoms with Crippen LogP contribution in [0.25, 0.3) is 0 Å². The second-order valence-electron chi connectivity index (χ2n) is 6.03. The molecule has 1 saturated heterocycles. The first kappa shape index (κ1) is 20.0. The Hall–Kier alpha value is -2.32. The van der Waals surface area contributed by atoms with Crippen molar-refractivity contribution in [2.75, 3.05) is 65.9 Å². The van der Waals surface area contributed by atoms with Crippen molar-refractivity contribution in [2.24, 2.45) is 0 Å². The van der Waals surface area contributed by atoms with Crippen molar-refractivity contribution in [2.45, 2.75) is 6.42 Å². The molecule has 0 bridgehead atoms. The summed E-state index contributed by atoms with van der Waals surface area (Å²) in [5, 5.41) is 2.88. The van der Waals surface area contributed by atoms with Crippen LogP contribution in [-0.4, -0.2) is 82.6 Å². The molecule has 0 aliphatic carbocycles. The molecular formula is C18H27N3O5. The smallest absolute Gasteiger partial charge is 0.238 e. The van der Waals surface area contributed by atoms with Crippen molar-refractivity contribution in [3.63, 3.8) is 0 Å². The minimum absolute atomic E-state index is 0.131. The third kappa shape index (κ3) is 5.34. The van der Waals surface area contributed by atoms with Crippen LogP contribution < -0.4 is 19.5 Å². The van der Waals surface area contributed by atoms with Crippen molar-refractivity contribution in [3.8, 4) is 17.2 Å². The summed E-state index contributed by atoms with van der Waals surface area (Å²) in [4.78, 5) is 27.3. The van der Waals surface area contributed by atoms with E-state index in [-0.39, 0.29) is 5.91 Å². The molecule has 0 saturated carbocycles. The number of carbonyl (C=O) groups excluding carboxylic acids is 2. The quantitative estimate of drug-likeness (QED) is 0.650. The molecule has 1 aromatic rings. The molecule has 1 N–H and O–H groups in total. The monoisotopic (exact) mass is 365 g/mol. The number of ether oxygens (including phenoxy) is 3. The van der Waals surface area contributed by atoms with Crippen LogP contribution in [0.4, 0.5) is 5.69 Å². The molecule has 1 amide bonds. The normalized spacial score (nSPS) is 15.3. The van der Waals surface area contributed by atoms with Crippen molar-refractivity contribution in [1.82, 2.24) is 9.80 Å². The number of hydrogen-bond donors (Lipinski definition) is 1. The van der Waals surface area contributed by atoms with Gasteiger partial charge in [0, 0.05) is 51.3 Å². The van der Waals surface area contributed by atoms with E-state index in [4.69, 9.17) is 14.2 Å². The van der Waals surface area contributed by atoms with E-state index < -0.39 is 0 Å². The fourth-order valence-electron chi connectivity index (χ4n) is 2.92. The average molecular weight is 365 g/mol. The number of aldehydes is 1. The Kier molecular flexibility index (Phi) is 7.68. The third-order valence-corrected chi connectivity index (χ3v) is 4.37. The first-order valence-corrected chi connectivity index (χ1v) is 8.59. The maximum Gasteiger partial charge on any atom is 0.238 e. The highest BCUT2D eigenvalue weighted by Gasteiger charge is 2.21. The van der Waals surface area contributed by atoms with E-state index >= 15 is 0 Å². The molecule has 2 rings (SSSR count). The van der Waals surface area contributed by atoms with Gasteiger partial charge in [0.25, 0.3) is 0 Å². The Morgan fingerprint density at radius 3 is 2.12 bits per heavy atom. The largest absolute Gasteiger partial charge is 0.496 e. The lowest BCUT2D eigenvalue weighted by atomic mass is 10.2. The number of piperazine rings is 1. The van der Waals surface area contributed by atoms with E-state index in [0.717, 1.165) is 39.0 Å². The van der Waals surface area contributed by atoms with Crippen LogP contribution in [0.15, 0.2) is 12.1 Å². The van der Waals surface area contributed by atoms with Crippen molar-refractivity contribution < 1.29 is 23.8 Å². The molecule has 0 aromatic heterocycles. The van der Waals surface area contributed by atoms with E-state index in [2.05, 4.69) is 15.1 Å². The number of nitrogens with zero attached hydrogens (tertiary/aromatic N) is 2. The number of carbonyl (C=O) groups is 2. The summed E-state index contributed by atoms with van der Waals surface area (Å²) in [5.41, 5.74) is 0.491. The summed E-state index contributed by atoms with van der Waals surface area (Å²) in [6, 6.07) is 3.40. The summed E-state index contributed by atoms with van der Waals surface area (Å²) < 4.78 is 15.9. The van der Waals surface area contributed by atoms with Gasteiger partial charge >= 0.3 is 0 Å². The van der Waals surface area contributed by atoms with Crippen LogP contribution in [-0.2, 0) is 9.59 Å². The summed E-state index contributed by atoms with van der Waals surface area (Å²) in [5.74, 6) is 1.41. The first-order chi connectivity index (χ1) is 12.6. The van der Waals surface area contributed by atoms with Crippen LogP contribution >= 0.6 is 0 Å². The van der Waals surface area contributed by atoms with Crippen LogP contribution in [0.5, 0.6) is 17.2 Å². The van der Waals surface area contributed by atoms with Gasteiger partial charge in [-0.05, 0) is 0 Å². The molecule has 1 aliphatic rings. The van der Waals surface area contributed by atoms with Crippen molar-refractivity contribution in [3.05, 3.63) is 12.1 Å². The molecule has 0 atom stereocenters. The molecule has 26 heavy (non-hydrogen) atoms. The second kappa shape index (κ2) is 9.98. The number of rotatable bonds is 9. The Bertz CT molecular complexity index is 590. The van der Waals surface area contributed by atoms with Gasteiger partial charge in [-0.3, -0.25) is 9.69 Å². The number of anilines is 1. The highest BCUT2D eigenvalue weighted by molar-refractivity contribution is 5.95. The van der Waals surface area contributed by atoms with E-state index in [9.17, 15) is 9.59 Å². The number of amides is 1. The van der Waals surface area contributed by atoms with Gasteiger partial charge in [0.2, 0.25) is 5.91 Å². The molecule has 144 valence electrons. The first-order valence-electron chi connectivity index (χ1n) is 8.59. The van der Waals surface area contributed by atoms with Gasteiger partial charge in [0.05, 0.1) is 27.9 Å². The number of nitrogens with one attached hydrogen (secondary N) is 1. The molecule has 8 heteroatoms. The lowest BCUT2D eigenvalue weighted by Gasteiger charge is -2.33. The number of methoxy groups -OCH3 is 3. The van der Waals surface area contributed by atoms with E-state index in [1.807, 2.05) is 0 Å². The van der Waals surface area contributed by atoms with E-state index in [0.29, 0.717) is 35.9 Å². The van der Waals surface area contributed by atoms with Gasteiger partial charge < -0.3 is 29.2 Å². The Labute approximate surface area is 154 Å². The maximum absolute atomic E-state index is 12.5. The van der Waals surface area contributed by atoms with Crippen LogP contribution in [0.1, 0.15) is 6.42 Å². The van der Waals surface area contributed by atoms with Gasteiger partial charge in [-0.15, -0.1) is 0 Å². The summed E-state index contributed by atoms with van der Waals surface area (Å²) in [6.07, 6.45) is 1.49. The summed E-state index contributed by atoms with van der Waals surface area (Å²) >= 11 is 0. The molecular weight excluding hydrogens is 338 g/mol. The maximum atomic E-state index is 12.5. The molecule has 1 fully saturated rings. The van der Waals surface area contributed by atoms with Crippen LogP contribution in [0, 0.1) is 0 Å². The SMILES string of the molecule is COc1cc(OC)c(NC(=O)CN2CCN(CCC=O)CC2)c(OC)c1. The van der Waals surface area contributed by atoms with Crippen molar-refractivity contribution >= 4 is 17.9 Å². The highest BCUT2D eigenvalue weighted by Crippen LogP contribution is 2.38. The average Bonchev–Trinajstić information content (AvgIpc) is 2.67. The zero-order chi connectivity index (χ0) is 18.9. The number of hydrogen-bond acceptors (Lipinski definition) is 7. The molecule has 1 aromatic carbocycles. The molecule has 0 unspecified atom stereocenters. The third-order valence-electron chi connectivity index (χ3n) is 4.37. The predicted molar refractivity (Wildman–Crippen MR) is 98.3 cm³/mol. The lowest BCUT2D eigenvalue weighted by Crippen LogP contribution is -2.48. The fraction of sp³-hybridized carbons (Fsp3) is 0.556. The fourth-order valence-corrected chi connectivity index (χ4v) is 2.92. The second-order valence-corrected chi connectivity index (χ2v) is 6.03. The molecule has 0 spiro atoms. The van der Waals surface area contributed by atoms with Crippen LogP contribution in [0.2, 0.25) is 0 Å². The molecule has 1 heterocycles. The summed E-state index contributed by atoms with van der Waals surface area (Å²) in [6.45, 7) is 4.38. The minimum Gasteiger partial charge on any atom is -0.496 e. The standard InChI is InChI=1S/C18H27N3O5/c1-24-14-11-15(25-2)18(16(12-14)26-3)19-17(23)13-21-8-6-20(7-9-21)5-4-10-22/h10-12H,4-9,13H2,1-3H3,(H,19,23). The van der Waals surface area contributed by atoms with E-state index in [1.165, 1.54) is 14.2 Å². The Balaban J connectivity index is 1.95. The summed E-state index contributed by atoms with van der Waals surface area (Å²) in [7, 11) is 4.62.